The highest BCUT2D eigenvalue weighted by Crippen LogP contribution is 2.65. The SMILES string of the molecule is Nc1nc2c(ncn2[C@@H]2O[C@H](COP(=O)(O)OP(=O)(O)CP(=O)(O)O)[C@@H](O)[C@]23CO3)c(=O)[nH]1. The van der Waals surface area contributed by atoms with E-state index in [-0.39, 0.29) is 23.7 Å². The summed E-state index contributed by atoms with van der Waals surface area (Å²) < 4.78 is 55.4. The molecular formula is C12H18N5O13P3. The number of aromatic nitrogens is 4. The van der Waals surface area contributed by atoms with E-state index in [0.717, 1.165) is 0 Å². The third-order valence-electron chi connectivity index (χ3n) is 4.75. The number of rotatable bonds is 8. The zero-order chi connectivity index (χ0) is 24.4. The average Bonchev–Trinajstić information content (AvgIpc) is 3.25. The van der Waals surface area contributed by atoms with E-state index in [1.54, 1.807) is 0 Å². The van der Waals surface area contributed by atoms with Gasteiger partial charge in [0.1, 0.15) is 12.2 Å². The Balaban J connectivity index is 1.50. The highest BCUT2D eigenvalue weighted by atomic mass is 31.3. The number of nitrogen functional groups attached to an aromatic ring is 1. The molecule has 0 amide bonds. The maximum absolute atomic E-state index is 12.0. The van der Waals surface area contributed by atoms with E-state index in [0.29, 0.717) is 0 Å². The van der Waals surface area contributed by atoms with Crippen molar-refractivity contribution in [3.05, 3.63) is 16.7 Å². The monoisotopic (exact) mass is 533 g/mol. The molecule has 4 heterocycles. The van der Waals surface area contributed by atoms with Gasteiger partial charge in [0.2, 0.25) is 5.95 Å². The maximum atomic E-state index is 12.0. The smallest absolute Gasteiger partial charge is 0.387 e. The Morgan fingerprint density at radius 3 is 2.58 bits per heavy atom. The topological polar surface area (TPSA) is 282 Å². The summed E-state index contributed by atoms with van der Waals surface area (Å²) in [4.78, 5) is 58.8. The highest BCUT2D eigenvalue weighted by Gasteiger charge is 2.67. The summed E-state index contributed by atoms with van der Waals surface area (Å²) in [6.45, 7) is -0.857. The minimum Gasteiger partial charge on any atom is -0.387 e. The van der Waals surface area contributed by atoms with Gasteiger partial charge in [-0.25, -0.2) is 13.9 Å². The first-order chi connectivity index (χ1) is 15.1. The Kier molecular flexibility index (Phi) is 5.98. The normalized spacial score (nSPS) is 31.0. The first-order valence-electron chi connectivity index (χ1n) is 8.87. The molecule has 21 heteroatoms. The number of epoxide rings is 1. The molecule has 2 fully saturated rings. The lowest BCUT2D eigenvalue weighted by Gasteiger charge is -2.19. The van der Waals surface area contributed by atoms with Gasteiger partial charge in [-0.05, 0) is 0 Å². The number of aromatic amines is 1. The van der Waals surface area contributed by atoms with Crippen molar-refractivity contribution in [1.29, 1.82) is 0 Å². The van der Waals surface area contributed by atoms with Crippen molar-refractivity contribution in [2.45, 2.75) is 24.0 Å². The molecule has 0 saturated carbocycles. The molecule has 2 saturated heterocycles. The van der Waals surface area contributed by atoms with Crippen molar-refractivity contribution < 1.29 is 56.7 Å². The molecule has 2 aromatic rings. The predicted octanol–water partition coefficient (Wildman–Crippen LogP) is -1.82. The molecule has 2 unspecified atom stereocenters. The first-order valence-corrected chi connectivity index (χ1v) is 13.9. The molecule has 1 spiro atoms. The van der Waals surface area contributed by atoms with Gasteiger partial charge in [0.15, 0.2) is 28.9 Å². The molecule has 0 bridgehead atoms. The van der Waals surface area contributed by atoms with Crippen molar-refractivity contribution in [3.63, 3.8) is 0 Å². The molecule has 2 aliphatic rings. The van der Waals surface area contributed by atoms with Crippen molar-refractivity contribution in [2.24, 2.45) is 0 Å². The molecular weight excluding hydrogens is 515 g/mol. The summed E-state index contributed by atoms with van der Waals surface area (Å²) in [5.74, 6) is -1.92. The fourth-order valence-electron chi connectivity index (χ4n) is 3.37. The number of nitrogens with zero attached hydrogens (tertiary/aromatic N) is 3. The van der Waals surface area contributed by atoms with Crippen LogP contribution in [0.3, 0.4) is 0 Å². The molecule has 0 aliphatic carbocycles. The Bertz CT molecular complexity index is 1280. The Hall–Kier alpha value is -1.52. The van der Waals surface area contributed by atoms with Crippen LogP contribution < -0.4 is 11.3 Å². The van der Waals surface area contributed by atoms with E-state index in [4.69, 9.17) is 25.0 Å². The number of aliphatic hydroxyl groups is 1. The van der Waals surface area contributed by atoms with E-state index in [1.807, 2.05) is 0 Å². The lowest BCUT2D eigenvalue weighted by atomic mass is 10.0. The van der Waals surface area contributed by atoms with Gasteiger partial charge in [-0.3, -0.25) is 28.0 Å². The molecule has 8 N–H and O–H groups in total. The molecule has 2 aliphatic heterocycles. The van der Waals surface area contributed by atoms with Gasteiger partial charge in [0, 0.05) is 0 Å². The fourth-order valence-corrected chi connectivity index (χ4v) is 7.72. The lowest BCUT2D eigenvalue weighted by Crippen LogP contribution is -2.37. The number of nitrogens with one attached hydrogen (secondary N) is 1. The molecule has 33 heavy (non-hydrogen) atoms. The molecule has 184 valence electrons. The number of nitrogens with two attached hydrogens (primary N) is 1. The van der Waals surface area contributed by atoms with Crippen LogP contribution in [0.5, 0.6) is 0 Å². The number of fused-ring (bicyclic) bond motifs is 1. The quantitative estimate of drug-likeness (QED) is 0.145. The zero-order valence-corrected chi connectivity index (χ0v) is 18.9. The summed E-state index contributed by atoms with van der Waals surface area (Å²) in [6.07, 6.45) is -2.69. The van der Waals surface area contributed by atoms with E-state index in [1.165, 1.54) is 10.9 Å². The lowest BCUT2D eigenvalue weighted by molar-refractivity contribution is -0.0451. The van der Waals surface area contributed by atoms with Gasteiger partial charge in [-0.1, -0.05) is 0 Å². The number of phosphoric ester groups is 1. The number of ether oxygens (including phenoxy) is 2. The number of hydrogen-bond acceptors (Lipinski definition) is 12. The third kappa shape index (κ3) is 4.98. The van der Waals surface area contributed by atoms with Crippen LogP contribution in [0, 0.1) is 0 Å². The summed E-state index contributed by atoms with van der Waals surface area (Å²) in [6, 6.07) is 0. The van der Waals surface area contributed by atoms with Crippen molar-refractivity contribution in [1.82, 2.24) is 19.5 Å². The summed E-state index contributed by atoms with van der Waals surface area (Å²) >= 11 is 0. The second kappa shape index (κ2) is 8.02. The van der Waals surface area contributed by atoms with Crippen LogP contribution in [0.2, 0.25) is 0 Å². The minimum atomic E-state index is -5.31. The number of hydrogen-bond donors (Lipinski definition) is 7. The van der Waals surface area contributed by atoms with Crippen LogP contribution in [0.15, 0.2) is 11.1 Å². The Labute approximate surface area is 182 Å². The zero-order valence-electron chi connectivity index (χ0n) is 16.2. The summed E-state index contributed by atoms with van der Waals surface area (Å²) in [5.41, 5.74) is 3.54. The second-order valence-corrected chi connectivity index (χ2v) is 12.9. The highest BCUT2D eigenvalue weighted by molar-refractivity contribution is 7.73. The number of phosphoric acid groups is 1. The van der Waals surface area contributed by atoms with Crippen LogP contribution in [0.4, 0.5) is 5.95 Å². The second-order valence-electron chi connectivity index (χ2n) is 7.28. The standard InChI is InChI=1S/C12H18N5O13P3/c13-11-15-8-6(9(19)16-11)14-3-17(8)10-12(2-27-12)7(18)5(29-10)1-28-33(25,26)30-32(23,24)4-31(20,21)22/h3,5,7,10,18H,1-2,4H2,(H,23,24)(H,25,26)(H2,20,21,22)(H3,13,15,16,19)/t5-,7-,10-,12-/m1/s1. The average molecular weight is 533 g/mol. The largest absolute Gasteiger partial charge is 0.479 e. The van der Waals surface area contributed by atoms with Crippen molar-refractivity contribution >= 4 is 40.1 Å². The molecule has 0 radical (unpaired) electrons. The van der Waals surface area contributed by atoms with E-state index in [9.17, 15) is 33.4 Å². The van der Waals surface area contributed by atoms with Crippen LogP contribution in [-0.2, 0) is 32.0 Å². The van der Waals surface area contributed by atoms with Crippen LogP contribution in [0.1, 0.15) is 6.23 Å². The Morgan fingerprint density at radius 2 is 1.97 bits per heavy atom. The molecule has 2 aromatic heterocycles. The molecule has 18 nitrogen and oxygen atoms in total. The van der Waals surface area contributed by atoms with Gasteiger partial charge in [0.05, 0.1) is 19.5 Å². The van der Waals surface area contributed by atoms with E-state index >= 15 is 0 Å². The maximum Gasteiger partial charge on any atom is 0.479 e. The van der Waals surface area contributed by atoms with Gasteiger partial charge >= 0.3 is 23.0 Å². The van der Waals surface area contributed by atoms with Gasteiger partial charge < -0.3 is 39.9 Å². The molecule has 6 atom stereocenters. The van der Waals surface area contributed by atoms with Gasteiger partial charge in [-0.2, -0.15) is 4.98 Å². The van der Waals surface area contributed by atoms with Gasteiger partial charge in [-0.15, -0.1) is 0 Å². The number of H-pyrrole nitrogens is 1. The van der Waals surface area contributed by atoms with Crippen LogP contribution in [0.25, 0.3) is 11.2 Å². The van der Waals surface area contributed by atoms with Gasteiger partial charge in [0.25, 0.3) is 5.56 Å². The Morgan fingerprint density at radius 1 is 1.30 bits per heavy atom. The summed E-state index contributed by atoms with van der Waals surface area (Å²) in [5, 5.41) is 10.6. The van der Waals surface area contributed by atoms with Crippen LogP contribution in [-0.4, -0.2) is 81.1 Å². The van der Waals surface area contributed by atoms with E-state index < -0.39 is 65.1 Å². The first kappa shape index (κ1) is 24.6. The molecule has 0 aromatic carbocycles. The van der Waals surface area contributed by atoms with Crippen molar-refractivity contribution in [2.75, 3.05) is 24.9 Å². The number of anilines is 1. The van der Waals surface area contributed by atoms with E-state index in [2.05, 4.69) is 23.8 Å². The fraction of sp³-hybridized carbons (Fsp3) is 0.583. The minimum absolute atomic E-state index is 0.00487. The number of imidazole rings is 1. The third-order valence-corrected chi connectivity index (χ3v) is 9.98. The summed E-state index contributed by atoms with van der Waals surface area (Å²) in [7, 11) is -15.6. The molecule has 4 rings (SSSR count). The number of aliphatic hydroxyl groups excluding tert-OH is 1. The van der Waals surface area contributed by atoms with Crippen molar-refractivity contribution in [3.8, 4) is 0 Å². The van der Waals surface area contributed by atoms with Crippen LogP contribution >= 0.6 is 23.0 Å². The predicted molar refractivity (Wildman–Crippen MR) is 105 cm³/mol.